The molecule has 2 atom stereocenters. The molecule has 0 spiro atoms. The summed E-state index contributed by atoms with van der Waals surface area (Å²) < 4.78 is 5.39. The summed E-state index contributed by atoms with van der Waals surface area (Å²) in [6.45, 7) is 6.12. The van der Waals surface area contributed by atoms with Gasteiger partial charge in [-0.05, 0) is 24.4 Å². The number of amides is 1. The topological polar surface area (TPSA) is 72.4 Å². The average molecular weight is 378 g/mol. The second kappa shape index (κ2) is 9.19. The Kier molecular flexibility index (Phi) is 7.23. The minimum atomic E-state index is 0. The molecule has 0 bridgehead atoms. The molecule has 5 nitrogen and oxygen atoms in total. The number of carbonyl (C=O) groups is 1. The minimum Gasteiger partial charge on any atom is -0.361 e. The molecule has 3 rings (SSSR count). The minimum absolute atomic E-state index is 0. The first kappa shape index (κ1) is 20.5. The molecule has 0 aliphatic carbocycles. The van der Waals surface area contributed by atoms with Crippen LogP contribution in [0, 0.1) is 5.92 Å². The Morgan fingerprint density at radius 2 is 1.96 bits per heavy atom. The summed E-state index contributed by atoms with van der Waals surface area (Å²) in [6.07, 6.45) is 1.91. The Morgan fingerprint density at radius 3 is 2.58 bits per heavy atom. The molecule has 1 amide bonds. The van der Waals surface area contributed by atoms with E-state index in [0.29, 0.717) is 24.8 Å². The van der Waals surface area contributed by atoms with E-state index in [-0.39, 0.29) is 18.3 Å². The number of aryl methyl sites for hydroxylation is 2. The van der Waals surface area contributed by atoms with Crippen molar-refractivity contribution < 1.29 is 9.32 Å². The van der Waals surface area contributed by atoms with Crippen molar-refractivity contribution in [3.63, 3.8) is 0 Å². The van der Waals surface area contributed by atoms with Gasteiger partial charge in [0.15, 0.2) is 0 Å². The van der Waals surface area contributed by atoms with Crippen LogP contribution in [0.15, 0.2) is 34.9 Å². The standard InChI is InChI=1S/C20H27N3O2.ClH/c1-3-18-16(19(4-2)25-22-18)10-20(24)23-12-15(11-21)17(13-23)14-8-6-5-7-9-14;/h5-9,15,17H,3-4,10-13,21H2,1-2H3;1H/t15-,17+;/m1./s1. The Hall–Kier alpha value is -1.85. The molecule has 2 N–H and O–H groups in total. The first-order chi connectivity index (χ1) is 12.2. The van der Waals surface area contributed by atoms with Gasteiger partial charge in [0.25, 0.3) is 0 Å². The number of likely N-dealkylation sites (tertiary alicyclic amines) is 1. The Labute approximate surface area is 161 Å². The van der Waals surface area contributed by atoms with Crippen molar-refractivity contribution in [3.05, 3.63) is 52.9 Å². The zero-order valence-electron chi connectivity index (χ0n) is 15.5. The fraction of sp³-hybridized carbons (Fsp3) is 0.500. The molecular weight excluding hydrogens is 350 g/mol. The van der Waals surface area contributed by atoms with Gasteiger partial charge in [-0.25, -0.2) is 0 Å². The lowest BCUT2D eigenvalue weighted by molar-refractivity contribution is -0.129. The Morgan fingerprint density at radius 1 is 1.23 bits per heavy atom. The molecule has 1 aromatic heterocycles. The summed E-state index contributed by atoms with van der Waals surface area (Å²) in [5.74, 6) is 1.60. The monoisotopic (exact) mass is 377 g/mol. The van der Waals surface area contributed by atoms with Crippen LogP contribution in [-0.4, -0.2) is 35.6 Å². The molecule has 26 heavy (non-hydrogen) atoms. The Bertz CT molecular complexity index is 696. The number of hydrogen-bond donors (Lipinski definition) is 1. The molecule has 2 heterocycles. The van der Waals surface area contributed by atoms with E-state index in [9.17, 15) is 4.79 Å². The van der Waals surface area contributed by atoms with Gasteiger partial charge in [-0.1, -0.05) is 49.3 Å². The largest absolute Gasteiger partial charge is 0.361 e. The van der Waals surface area contributed by atoms with E-state index in [1.165, 1.54) is 5.56 Å². The predicted molar refractivity (Wildman–Crippen MR) is 105 cm³/mol. The molecular formula is C20H28ClN3O2. The summed E-state index contributed by atoms with van der Waals surface area (Å²) in [6, 6.07) is 10.4. The van der Waals surface area contributed by atoms with Crippen molar-refractivity contribution in [2.24, 2.45) is 11.7 Å². The fourth-order valence-corrected chi connectivity index (χ4v) is 3.79. The molecule has 1 aliphatic rings. The first-order valence-electron chi connectivity index (χ1n) is 9.16. The Balaban J connectivity index is 0.00000243. The van der Waals surface area contributed by atoms with Crippen LogP contribution in [0.25, 0.3) is 0 Å². The smallest absolute Gasteiger partial charge is 0.227 e. The zero-order chi connectivity index (χ0) is 17.8. The molecule has 1 aromatic carbocycles. The second-order valence-corrected chi connectivity index (χ2v) is 6.73. The van der Waals surface area contributed by atoms with Crippen LogP contribution in [-0.2, 0) is 24.1 Å². The average Bonchev–Trinajstić information content (AvgIpc) is 3.26. The highest BCUT2D eigenvalue weighted by molar-refractivity contribution is 5.85. The molecule has 6 heteroatoms. The number of nitrogens with zero attached hydrogens (tertiary/aromatic N) is 2. The number of halogens is 1. The third-order valence-corrected chi connectivity index (χ3v) is 5.26. The van der Waals surface area contributed by atoms with E-state index in [2.05, 4.69) is 17.3 Å². The highest BCUT2D eigenvalue weighted by Gasteiger charge is 2.35. The van der Waals surface area contributed by atoms with Crippen molar-refractivity contribution in [1.29, 1.82) is 0 Å². The van der Waals surface area contributed by atoms with Gasteiger partial charge < -0.3 is 15.2 Å². The van der Waals surface area contributed by atoms with Crippen molar-refractivity contribution in [3.8, 4) is 0 Å². The molecule has 1 aliphatic heterocycles. The number of carbonyl (C=O) groups excluding carboxylic acids is 1. The van der Waals surface area contributed by atoms with E-state index in [1.807, 2.05) is 36.9 Å². The first-order valence-corrected chi connectivity index (χ1v) is 9.16. The lowest BCUT2D eigenvalue weighted by Crippen LogP contribution is -2.31. The van der Waals surface area contributed by atoms with Crippen molar-refractivity contribution in [1.82, 2.24) is 10.1 Å². The molecule has 1 fully saturated rings. The summed E-state index contributed by atoms with van der Waals surface area (Å²) in [7, 11) is 0. The van der Waals surface area contributed by atoms with Gasteiger partial charge in [0.2, 0.25) is 5.91 Å². The van der Waals surface area contributed by atoms with Gasteiger partial charge >= 0.3 is 0 Å². The predicted octanol–water partition coefficient (Wildman–Crippen LogP) is 2.96. The van der Waals surface area contributed by atoms with Gasteiger partial charge in [0.1, 0.15) is 5.76 Å². The van der Waals surface area contributed by atoms with E-state index < -0.39 is 0 Å². The maximum Gasteiger partial charge on any atom is 0.227 e. The molecule has 0 unspecified atom stereocenters. The quantitative estimate of drug-likeness (QED) is 0.839. The third kappa shape index (κ3) is 4.10. The lowest BCUT2D eigenvalue weighted by atomic mass is 9.89. The number of rotatable bonds is 6. The summed E-state index contributed by atoms with van der Waals surface area (Å²) >= 11 is 0. The molecule has 2 aromatic rings. The van der Waals surface area contributed by atoms with Crippen LogP contribution < -0.4 is 5.73 Å². The van der Waals surface area contributed by atoms with Gasteiger partial charge in [0, 0.05) is 31.0 Å². The molecule has 142 valence electrons. The normalized spacial score (nSPS) is 19.4. The van der Waals surface area contributed by atoms with Crippen LogP contribution in [0.2, 0.25) is 0 Å². The maximum absolute atomic E-state index is 12.9. The summed E-state index contributed by atoms with van der Waals surface area (Å²) in [5.41, 5.74) is 9.13. The van der Waals surface area contributed by atoms with Crippen molar-refractivity contribution in [2.45, 2.75) is 39.0 Å². The van der Waals surface area contributed by atoms with Crippen LogP contribution in [0.5, 0.6) is 0 Å². The van der Waals surface area contributed by atoms with E-state index in [0.717, 1.165) is 42.9 Å². The van der Waals surface area contributed by atoms with Crippen molar-refractivity contribution >= 4 is 18.3 Å². The third-order valence-electron chi connectivity index (χ3n) is 5.26. The highest BCUT2D eigenvalue weighted by atomic mass is 35.5. The van der Waals surface area contributed by atoms with E-state index >= 15 is 0 Å². The highest BCUT2D eigenvalue weighted by Crippen LogP contribution is 2.32. The number of hydrogen-bond acceptors (Lipinski definition) is 4. The fourth-order valence-electron chi connectivity index (χ4n) is 3.79. The molecule has 0 radical (unpaired) electrons. The van der Waals surface area contributed by atoms with Crippen LogP contribution in [0.3, 0.4) is 0 Å². The zero-order valence-corrected chi connectivity index (χ0v) is 16.3. The number of aromatic nitrogens is 1. The SMILES string of the molecule is CCc1noc(CC)c1CC(=O)N1C[C@@H](CN)[C@H](c2ccccc2)C1.Cl. The number of benzene rings is 1. The maximum atomic E-state index is 12.9. The number of nitrogens with two attached hydrogens (primary N) is 1. The van der Waals surface area contributed by atoms with Crippen LogP contribution in [0.4, 0.5) is 0 Å². The van der Waals surface area contributed by atoms with E-state index in [1.54, 1.807) is 0 Å². The summed E-state index contributed by atoms with van der Waals surface area (Å²) in [5, 5.41) is 4.11. The molecule has 1 saturated heterocycles. The van der Waals surface area contributed by atoms with Gasteiger partial charge in [0.05, 0.1) is 12.1 Å². The summed E-state index contributed by atoms with van der Waals surface area (Å²) in [4.78, 5) is 14.9. The molecule has 0 saturated carbocycles. The van der Waals surface area contributed by atoms with E-state index in [4.69, 9.17) is 10.3 Å². The second-order valence-electron chi connectivity index (χ2n) is 6.73. The van der Waals surface area contributed by atoms with Crippen molar-refractivity contribution in [2.75, 3.05) is 19.6 Å². The van der Waals surface area contributed by atoms with Gasteiger partial charge in [-0.2, -0.15) is 0 Å². The lowest BCUT2D eigenvalue weighted by Gasteiger charge is -2.17. The van der Waals surface area contributed by atoms with Gasteiger partial charge in [-0.15, -0.1) is 12.4 Å². The van der Waals surface area contributed by atoms with Crippen LogP contribution >= 0.6 is 12.4 Å². The van der Waals surface area contributed by atoms with Crippen LogP contribution in [0.1, 0.15) is 42.3 Å². The van der Waals surface area contributed by atoms with Gasteiger partial charge in [-0.3, -0.25) is 4.79 Å².